The maximum Gasteiger partial charge on any atom is 0.0547 e. The molecule has 0 saturated heterocycles. The van der Waals surface area contributed by atoms with Crippen molar-refractivity contribution >= 4 is 54.4 Å². The van der Waals surface area contributed by atoms with Gasteiger partial charge in [-0.05, 0) is 70.4 Å². The molecule has 0 atom stereocenters. The number of hydrogen-bond acceptors (Lipinski definition) is 0. The molecule has 0 fully saturated rings. The number of aromatic nitrogens is 2. The molecule has 0 aliphatic carbocycles. The Morgan fingerprint density at radius 2 is 0.975 bits per heavy atom. The van der Waals surface area contributed by atoms with Crippen LogP contribution in [-0.4, -0.2) is 9.13 Å². The van der Waals surface area contributed by atoms with Gasteiger partial charge in [0.2, 0.25) is 0 Å². The fourth-order valence-electron chi connectivity index (χ4n) is 6.79. The lowest BCUT2D eigenvalue weighted by atomic mass is 9.94. The molecule has 0 amide bonds. The first-order chi connectivity index (χ1) is 19.9. The van der Waals surface area contributed by atoms with Crippen LogP contribution in [0.2, 0.25) is 0 Å². The zero-order valence-corrected chi connectivity index (χ0v) is 21.8. The highest BCUT2D eigenvalue weighted by Gasteiger charge is 2.19. The van der Waals surface area contributed by atoms with E-state index in [9.17, 15) is 0 Å². The molecule has 186 valence electrons. The number of nitrogens with zero attached hydrogens (tertiary/aromatic N) is 2. The monoisotopic (exact) mass is 508 g/mol. The Morgan fingerprint density at radius 3 is 1.77 bits per heavy atom. The summed E-state index contributed by atoms with van der Waals surface area (Å²) in [7, 11) is 0. The van der Waals surface area contributed by atoms with Gasteiger partial charge in [-0.2, -0.15) is 0 Å². The lowest BCUT2D eigenvalue weighted by molar-refractivity contribution is 1.18. The van der Waals surface area contributed by atoms with Gasteiger partial charge < -0.3 is 9.13 Å². The molecule has 0 N–H and O–H groups in total. The molecule has 40 heavy (non-hydrogen) atoms. The van der Waals surface area contributed by atoms with Gasteiger partial charge in [-0.1, -0.05) is 97.1 Å². The van der Waals surface area contributed by atoms with E-state index in [0.29, 0.717) is 0 Å². The summed E-state index contributed by atoms with van der Waals surface area (Å²) in [6.07, 6.45) is 0. The Labute approximate surface area is 231 Å². The fraction of sp³-hybridized carbons (Fsp3) is 0. The SMILES string of the molecule is c1ccc(-n2c3ccccc3c3ccc(-c4ccc5c6c4ccc4cccc(c46)n5-c4ccccc4)cc32)cc1. The van der Waals surface area contributed by atoms with Crippen molar-refractivity contribution in [1.82, 2.24) is 9.13 Å². The second-order valence-corrected chi connectivity index (χ2v) is 10.6. The largest absolute Gasteiger partial charge is 0.309 e. The minimum atomic E-state index is 1.18. The topological polar surface area (TPSA) is 9.86 Å². The molecular weight excluding hydrogens is 484 g/mol. The number of benzene rings is 7. The lowest BCUT2D eigenvalue weighted by Crippen LogP contribution is -1.94. The van der Waals surface area contributed by atoms with E-state index in [1.165, 1.54) is 76.9 Å². The van der Waals surface area contributed by atoms with Crippen LogP contribution in [0.4, 0.5) is 0 Å². The average Bonchev–Trinajstić information content (AvgIpc) is 3.54. The number of rotatable bonds is 3. The molecule has 9 rings (SSSR count). The summed E-state index contributed by atoms with van der Waals surface area (Å²) < 4.78 is 4.80. The zero-order valence-electron chi connectivity index (χ0n) is 21.8. The van der Waals surface area contributed by atoms with E-state index in [-0.39, 0.29) is 0 Å². The van der Waals surface area contributed by atoms with E-state index in [0.717, 1.165) is 0 Å². The summed E-state index contributed by atoms with van der Waals surface area (Å²) in [5.41, 5.74) is 9.81. The van der Waals surface area contributed by atoms with Gasteiger partial charge >= 0.3 is 0 Å². The molecule has 0 unspecified atom stereocenters. The number of hydrogen-bond donors (Lipinski definition) is 0. The molecule has 7 aromatic carbocycles. The normalized spacial score (nSPS) is 12.0. The predicted molar refractivity (Wildman–Crippen MR) is 169 cm³/mol. The Kier molecular flexibility index (Phi) is 4.36. The van der Waals surface area contributed by atoms with E-state index in [1.54, 1.807) is 0 Å². The minimum absolute atomic E-state index is 1.18. The van der Waals surface area contributed by atoms with Crippen LogP contribution < -0.4 is 0 Å². The first-order valence-corrected chi connectivity index (χ1v) is 13.8. The van der Waals surface area contributed by atoms with E-state index < -0.39 is 0 Å². The Bertz CT molecular complexity index is 2360. The molecule has 2 heterocycles. The molecule has 0 saturated carbocycles. The van der Waals surface area contributed by atoms with Gasteiger partial charge in [0.15, 0.2) is 0 Å². The molecule has 2 aromatic heterocycles. The van der Waals surface area contributed by atoms with Crippen LogP contribution in [0.5, 0.6) is 0 Å². The Balaban J connectivity index is 1.36. The summed E-state index contributed by atoms with van der Waals surface area (Å²) in [5.74, 6) is 0. The maximum atomic E-state index is 2.41. The smallest absolute Gasteiger partial charge is 0.0547 e. The third kappa shape index (κ3) is 2.88. The van der Waals surface area contributed by atoms with Crippen molar-refractivity contribution in [3.05, 3.63) is 146 Å². The van der Waals surface area contributed by atoms with Crippen LogP contribution in [0, 0.1) is 0 Å². The summed E-state index contributed by atoms with van der Waals surface area (Å²) >= 11 is 0. The molecule has 0 aliphatic rings. The highest BCUT2D eigenvalue weighted by molar-refractivity contribution is 6.26. The van der Waals surface area contributed by atoms with Crippen molar-refractivity contribution in [2.45, 2.75) is 0 Å². The Hall–Kier alpha value is -5.34. The van der Waals surface area contributed by atoms with Crippen molar-refractivity contribution in [3.8, 4) is 22.5 Å². The lowest BCUT2D eigenvalue weighted by Gasteiger charge is -2.12. The van der Waals surface area contributed by atoms with Crippen LogP contribution in [0.3, 0.4) is 0 Å². The maximum absolute atomic E-state index is 2.41. The summed E-state index contributed by atoms with van der Waals surface area (Å²) in [6.45, 7) is 0. The van der Waals surface area contributed by atoms with Gasteiger partial charge in [-0.3, -0.25) is 0 Å². The quantitative estimate of drug-likeness (QED) is 0.210. The van der Waals surface area contributed by atoms with Crippen molar-refractivity contribution in [3.63, 3.8) is 0 Å². The van der Waals surface area contributed by atoms with Gasteiger partial charge in [0.05, 0.1) is 22.1 Å². The summed E-state index contributed by atoms with van der Waals surface area (Å²) in [5, 5.41) is 7.79. The fourth-order valence-corrected chi connectivity index (χ4v) is 6.79. The third-order valence-electron chi connectivity index (χ3n) is 8.47. The average molecular weight is 509 g/mol. The summed E-state index contributed by atoms with van der Waals surface area (Å²) in [6, 6.07) is 52.9. The Morgan fingerprint density at radius 1 is 0.350 bits per heavy atom. The van der Waals surface area contributed by atoms with E-state index >= 15 is 0 Å². The van der Waals surface area contributed by atoms with Gasteiger partial charge in [0.25, 0.3) is 0 Å². The zero-order chi connectivity index (χ0) is 26.2. The van der Waals surface area contributed by atoms with E-state index in [1.807, 2.05) is 0 Å². The molecule has 0 radical (unpaired) electrons. The van der Waals surface area contributed by atoms with Gasteiger partial charge in [-0.25, -0.2) is 0 Å². The van der Waals surface area contributed by atoms with Crippen LogP contribution in [0.1, 0.15) is 0 Å². The van der Waals surface area contributed by atoms with Gasteiger partial charge in [0.1, 0.15) is 0 Å². The standard InChI is InChI=1S/C38H24N2/c1-3-11-27(12-4-1)39-33-16-8-7-15-30(33)31-20-19-26(24-36(31)39)29-22-23-35-38-32(29)21-18-25-10-9-17-34(37(25)38)40(35)28-13-5-2-6-14-28/h1-24H. The third-order valence-corrected chi connectivity index (χ3v) is 8.47. The van der Waals surface area contributed by atoms with Gasteiger partial charge in [0, 0.05) is 32.9 Å². The van der Waals surface area contributed by atoms with Crippen LogP contribution in [0.25, 0.3) is 76.9 Å². The van der Waals surface area contributed by atoms with Crippen LogP contribution in [-0.2, 0) is 0 Å². The van der Waals surface area contributed by atoms with Crippen LogP contribution >= 0.6 is 0 Å². The van der Waals surface area contributed by atoms with Crippen molar-refractivity contribution in [2.24, 2.45) is 0 Å². The molecule has 2 nitrogen and oxygen atoms in total. The van der Waals surface area contributed by atoms with Crippen LogP contribution in [0.15, 0.2) is 146 Å². The second kappa shape index (κ2) is 8.08. The van der Waals surface area contributed by atoms with E-state index in [2.05, 4.69) is 155 Å². The van der Waals surface area contributed by atoms with Crippen molar-refractivity contribution in [2.75, 3.05) is 0 Å². The van der Waals surface area contributed by atoms with E-state index in [4.69, 9.17) is 0 Å². The minimum Gasteiger partial charge on any atom is -0.309 e. The molecule has 2 heteroatoms. The second-order valence-electron chi connectivity index (χ2n) is 10.6. The van der Waals surface area contributed by atoms with Gasteiger partial charge in [-0.15, -0.1) is 0 Å². The first-order valence-electron chi connectivity index (χ1n) is 13.8. The number of fused-ring (bicyclic) bond motifs is 3. The summed E-state index contributed by atoms with van der Waals surface area (Å²) in [4.78, 5) is 0. The molecule has 0 spiro atoms. The highest BCUT2D eigenvalue weighted by atomic mass is 15.0. The van der Waals surface area contributed by atoms with Crippen molar-refractivity contribution < 1.29 is 0 Å². The highest BCUT2D eigenvalue weighted by Crippen LogP contribution is 2.43. The molecule has 0 bridgehead atoms. The van der Waals surface area contributed by atoms with Crippen molar-refractivity contribution in [1.29, 1.82) is 0 Å². The molecular formula is C38H24N2. The first kappa shape index (κ1) is 21.6. The molecule has 9 aromatic rings. The number of para-hydroxylation sites is 3. The molecule has 0 aliphatic heterocycles. The predicted octanol–water partition coefficient (Wildman–Crippen LogP) is 10.1.